The third-order valence-corrected chi connectivity index (χ3v) is 3.85. The monoisotopic (exact) mass is 266 g/mol. The molecule has 0 radical (unpaired) electrons. The largest absolute Gasteiger partial charge is 0.341 e. The molecule has 108 valence electrons. The number of aryl methyl sites for hydroxylation is 1. The van der Waals surface area contributed by atoms with Crippen molar-refractivity contribution < 1.29 is 4.52 Å². The quantitative estimate of drug-likeness (QED) is 0.790. The Hall–Kier alpha value is -1.10. The summed E-state index contributed by atoms with van der Waals surface area (Å²) in [6.45, 7) is 8.97. The van der Waals surface area contributed by atoms with Gasteiger partial charge in [-0.3, -0.25) is 0 Å². The number of hydrogen-bond acceptors (Lipinski definition) is 5. The average Bonchev–Trinajstić information content (AvgIpc) is 2.88. The molecule has 0 spiro atoms. The van der Waals surface area contributed by atoms with Crippen molar-refractivity contribution in [2.75, 3.05) is 38.1 Å². The second-order valence-electron chi connectivity index (χ2n) is 5.52. The second kappa shape index (κ2) is 6.89. The van der Waals surface area contributed by atoms with Crippen LogP contribution in [0.4, 0.5) is 5.95 Å². The predicted molar refractivity (Wildman–Crippen MR) is 76.4 cm³/mol. The molecule has 0 amide bonds. The van der Waals surface area contributed by atoms with Gasteiger partial charge < -0.3 is 14.3 Å². The molecule has 1 fully saturated rings. The number of likely N-dealkylation sites (tertiary alicyclic amines) is 1. The van der Waals surface area contributed by atoms with E-state index in [0.29, 0.717) is 5.92 Å². The maximum Gasteiger partial charge on any atom is 0.265 e. The van der Waals surface area contributed by atoms with Crippen molar-refractivity contribution in [1.82, 2.24) is 15.0 Å². The summed E-state index contributed by atoms with van der Waals surface area (Å²) in [5.41, 5.74) is 0. The molecule has 2 rings (SSSR count). The molecule has 1 aromatic rings. The van der Waals surface area contributed by atoms with Gasteiger partial charge in [-0.2, -0.15) is 4.98 Å². The number of hydrogen-bond donors (Lipinski definition) is 0. The van der Waals surface area contributed by atoms with Crippen LogP contribution in [0.3, 0.4) is 0 Å². The van der Waals surface area contributed by atoms with Crippen LogP contribution in [0.1, 0.15) is 39.0 Å². The second-order valence-corrected chi connectivity index (χ2v) is 5.52. The van der Waals surface area contributed by atoms with E-state index in [1.807, 2.05) is 0 Å². The first-order chi connectivity index (χ1) is 9.22. The highest BCUT2D eigenvalue weighted by Gasteiger charge is 2.21. The van der Waals surface area contributed by atoms with Crippen molar-refractivity contribution >= 4 is 5.95 Å². The molecule has 5 heteroatoms. The maximum atomic E-state index is 5.24. The zero-order valence-electron chi connectivity index (χ0n) is 12.4. The van der Waals surface area contributed by atoms with Crippen LogP contribution < -0.4 is 4.90 Å². The molecular weight excluding hydrogens is 240 g/mol. The van der Waals surface area contributed by atoms with E-state index in [9.17, 15) is 0 Å². The van der Waals surface area contributed by atoms with Crippen molar-refractivity contribution in [2.45, 2.75) is 39.5 Å². The normalized spacial score (nSPS) is 20.7. The van der Waals surface area contributed by atoms with Crippen LogP contribution in [0.25, 0.3) is 0 Å². The number of anilines is 1. The lowest BCUT2D eigenvalue weighted by Crippen LogP contribution is -2.40. The lowest BCUT2D eigenvalue weighted by atomic mass is 9.98. The fourth-order valence-corrected chi connectivity index (χ4v) is 2.77. The van der Waals surface area contributed by atoms with Gasteiger partial charge >= 0.3 is 0 Å². The summed E-state index contributed by atoms with van der Waals surface area (Å²) in [5, 5.41) is 4.07. The van der Waals surface area contributed by atoms with Gasteiger partial charge in [0.05, 0.1) is 0 Å². The van der Waals surface area contributed by atoms with Crippen LogP contribution in [-0.2, 0) is 6.42 Å². The standard InChI is InChI=1S/C14H26N4O/c1-4-7-13-15-14(16-19-13)17(3)10-12-8-6-9-18(5-2)11-12/h12H,4-11H2,1-3H3. The molecule has 0 bridgehead atoms. The highest BCUT2D eigenvalue weighted by atomic mass is 16.5. The summed E-state index contributed by atoms with van der Waals surface area (Å²) < 4.78 is 5.24. The Bertz CT molecular complexity index is 379. The summed E-state index contributed by atoms with van der Waals surface area (Å²) in [7, 11) is 2.06. The predicted octanol–water partition coefficient (Wildman–Crippen LogP) is 2.19. The van der Waals surface area contributed by atoms with Crippen LogP contribution in [0.5, 0.6) is 0 Å². The van der Waals surface area contributed by atoms with Gasteiger partial charge in [-0.15, -0.1) is 0 Å². The first-order valence-electron chi connectivity index (χ1n) is 7.49. The molecule has 1 saturated heterocycles. The van der Waals surface area contributed by atoms with Gasteiger partial charge in [0.1, 0.15) is 0 Å². The SMILES string of the molecule is CCCc1nc(N(C)CC2CCCN(CC)C2)no1. The van der Waals surface area contributed by atoms with Crippen LogP contribution in [0.2, 0.25) is 0 Å². The summed E-state index contributed by atoms with van der Waals surface area (Å²) in [4.78, 5) is 9.10. The van der Waals surface area contributed by atoms with Crippen molar-refractivity contribution in [3.8, 4) is 0 Å². The molecule has 19 heavy (non-hydrogen) atoms. The molecular formula is C14H26N4O. The van der Waals surface area contributed by atoms with E-state index in [-0.39, 0.29) is 0 Å². The van der Waals surface area contributed by atoms with E-state index in [2.05, 4.69) is 40.8 Å². The van der Waals surface area contributed by atoms with E-state index in [0.717, 1.165) is 37.8 Å². The fourth-order valence-electron chi connectivity index (χ4n) is 2.77. The fraction of sp³-hybridized carbons (Fsp3) is 0.857. The van der Waals surface area contributed by atoms with E-state index >= 15 is 0 Å². The third-order valence-electron chi connectivity index (χ3n) is 3.85. The molecule has 1 atom stereocenters. The molecule has 1 aromatic heterocycles. The molecule has 5 nitrogen and oxygen atoms in total. The van der Waals surface area contributed by atoms with E-state index < -0.39 is 0 Å². The maximum absolute atomic E-state index is 5.24. The Balaban J connectivity index is 1.86. The zero-order valence-corrected chi connectivity index (χ0v) is 12.4. The van der Waals surface area contributed by atoms with E-state index in [1.54, 1.807) is 0 Å². The third kappa shape index (κ3) is 3.93. The Morgan fingerprint density at radius 2 is 2.26 bits per heavy atom. The van der Waals surface area contributed by atoms with Crippen LogP contribution >= 0.6 is 0 Å². The van der Waals surface area contributed by atoms with Crippen LogP contribution in [0, 0.1) is 5.92 Å². The minimum absolute atomic E-state index is 0.715. The van der Waals surface area contributed by atoms with Crippen molar-refractivity contribution in [2.24, 2.45) is 5.92 Å². The number of aromatic nitrogens is 2. The zero-order chi connectivity index (χ0) is 13.7. The van der Waals surface area contributed by atoms with Gasteiger partial charge in [-0.25, -0.2) is 0 Å². The van der Waals surface area contributed by atoms with Crippen molar-refractivity contribution in [1.29, 1.82) is 0 Å². The average molecular weight is 266 g/mol. The van der Waals surface area contributed by atoms with Gasteiger partial charge in [0.25, 0.3) is 5.95 Å². The number of nitrogens with zero attached hydrogens (tertiary/aromatic N) is 4. The molecule has 0 aliphatic carbocycles. The van der Waals surface area contributed by atoms with Crippen molar-refractivity contribution in [3.05, 3.63) is 5.89 Å². The lowest BCUT2D eigenvalue weighted by Gasteiger charge is -2.33. The lowest BCUT2D eigenvalue weighted by molar-refractivity contribution is 0.185. The highest BCUT2D eigenvalue weighted by molar-refractivity contribution is 5.25. The molecule has 1 aliphatic rings. The minimum Gasteiger partial charge on any atom is -0.341 e. The van der Waals surface area contributed by atoms with Crippen LogP contribution in [0.15, 0.2) is 4.52 Å². The Kier molecular flexibility index (Phi) is 5.19. The smallest absolute Gasteiger partial charge is 0.265 e. The highest BCUT2D eigenvalue weighted by Crippen LogP contribution is 2.19. The Morgan fingerprint density at radius 1 is 1.42 bits per heavy atom. The molecule has 1 unspecified atom stereocenters. The van der Waals surface area contributed by atoms with E-state index in [1.165, 1.54) is 25.9 Å². The van der Waals surface area contributed by atoms with Gasteiger partial charge in [0.2, 0.25) is 5.89 Å². The minimum atomic E-state index is 0.715. The Labute approximate surface area is 116 Å². The summed E-state index contributed by atoms with van der Waals surface area (Å²) in [6.07, 6.45) is 4.52. The topological polar surface area (TPSA) is 45.4 Å². The van der Waals surface area contributed by atoms with Crippen molar-refractivity contribution in [3.63, 3.8) is 0 Å². The van der Waals surface area contributed by atoms with Gasteiger partial charge in [-0.1, -0.05) is 13.8 Å². The van der Waals surface area contributed by atoms with Crippen LogP contribution in [-0.4, -0.2) is 48.3 Å². The van der Waals surface area contributed by atoms with E-state index in [4.69, 9.17) is 4.52 Å². The number of rotatable bonds is 6. The first-order valence-corrected chi connectivity index (χ1v) is 7.49. The molecule has 0 N–H and O–H groups in total. The summed E-state index contributed by atoms with van der Waals surface area (Å²) >= 11 is 0. The molecule has 2 heterocycles. The summed E-state index contributed by atoms with van der Waals surface area (Å²) in [6, 6.07) is 0. The van der Waals surface area contributed by atoms with Gasteiger partial charge in [-0.05, 0) is 43.4 Å². The van der Waals surface area contributed by atoms with Gasteiger partial charge in [0, 0.05) is 26.6 Å². The number of piperidine rings is 1. The molecule has 0 saturated carbocycles. The molecule has 0 aromatic carbocycles. The summed E-state index contributed by atoms with van der Waals surface area (Å²) in [5.74, 6) is 2.20. The van der Waals surface area contributed by atoms with Gasteiger partial charge in [0.15, 0.2) is 0 Å². The Morgan fingerprint density at radius 3 is 3.00 bits per heavy atom. The first kappa shape index (κ1) is 14.3. The molecule has 1 aliphatic heterocycles.